The van der Waals surface area contributed by atoms with Crippen molar-refractivity contribution < 1.29 is 22.3 Å². The van der Waals surface area contributed by atoms with E-state index in [0.717, 1.165) is 51.2 Å². The predicted octanol–water partition coefficient (Wildman–Crippen LogP) is 8.97. The normalized spacial score (nSPS) is 19.0. The Morgan fingerprint density at radius 1 is 1.00 bits per heavy atom. The van der Waals surface area contributed by atoms with Crippen molar-refractivity contribution in [1.82, 2.24) is 20.1 Å². The minimum Gasteiger partial charge on any atom is -0.457 e. The van der Waals surface area contributed by atoms with E-state index in [4.69, 9.17) is 4.74 Å². The summed E-state index contributed by atoms with van der Waals surface area (Å²) in [4.78, 5) is 8.77. The molecule has 2 aromatic carbocycles. The number of para-hydroxylation sites is 1. The van der Waals surface area contributed by atoms with Gasteiger partial charge in [-0.25, -0.2) is 9.37 Å². The van der Waals surface area contributed by atoms with E-state index in [9.17, 15) is 0 Å². The summed E-state index contributed by atoms with van der Waals surface area (Å²) < 4.78 is 67.3. The first kappa shape index (κ1) is 30.8. The van der Waals surface area contributed by atoms with E-state index in [1.54, 1.807) is 41.8 Å². The maximum absolute atomic E-state index is 15.9. The van der Waals surface area contributed by atoms with Crippen molar-refractivity contribution in [2.45, 2.75) is 44.7 Å². The third kappa shape index (κ3) is 6.80. The molecule has 46 heavy (non-hydrogen) atoms. The van der Waals surface area contributed by atoms with Gasteiger partial charge in [0.25, 0.3) is 0 Å². The first-order chi connectivity index (χ1) is 22.3. The highest BCUT2D eigenvalue weighted by Crippen LogP contribution is 2.50. The fraction of sp³-hybridized carbons (Fsp3) is 0.400. The van der Waals surface area contributed by atoms with Gasteiger partial charge in [-0.15, -0.1) is 11.3 Å². The number of nitrogens with zero attached hydrogens (tertiary/aromatic N) is 5. The van der Waals surface area contributed by atoms with Crippen LogP contribution in [0.3, 0.4) is 0 Å². The average molecular weight is 650 g/mol. The van der Waals surface area contributed by atoms with Gasteiger partial charge in [0.15, 0.2) is 0 Å². The number of rotatable bonds is 8. The van der Waals surface area contributed by atoms with Crippen molar-refractivity contribution in [3.63, 3.8) is 0 Å². The van der Waals surface area contributed by atoms with Crippen LogP contribution in [0.4, 0.5) is 23.2 Å². The Kier molecular flexibility index (Phi) is 8.54. The summed E-state index contributed by atoms with van der Waals surface area (Å²) in [5.74, 6) is 0.0900. The van der Waals surface area contributed by atoms with Crippen LogP contribution in [0.25, 0.3) is 22.5 Å². The molecule has 2 aliphatic heterocycles. The van der Waals surface area contributed by atoms with Gasteiger partial charge in [0.1, 0.15) is 33.6 Å². The Hall–Kier alpha value is -3.83. The second-order valence-corrected chi connectivity index (χ2v) is 13.6. The molecule has 0 unspecified atom stereocenters. The van der Waals surface area contributed by atoms with E-state index < -0.39 is 17.6 Å². The van der Waals surface area contributed by atoms with Gasteiger partial charge in [0.05, 0.1) is 18.1 Å². The molecule has 6 nitrogen and oxygen atoms in total. The minimum absolute atomic E-state index is 0.0376. The number of likely N-dealkylation sites (tertiary alicyclic amines) is 1. The first-order valence-electron chi connectivity index (χ1n) is 15.8. The number of thiazole rings is 1. The number of hydrogen-bond acceptors (Lipinski definition) is 7. The average Bonchev–Trinajstić information content (AvgIpc) is 3.73. The van der Waals surface area contributed by atoms with Crippen molar-refractivity contribution >= 4 is 28.9 Å². The van der Waals surface area contributed by atoms with Gasteiger partial charge >= 0.3 is 6.18 Å². The number of benzene rings is 2. The molecule has 0 amide bonds. The van der Waals surface area contributed by atoms with Gasteiger partial charge in [-0.1, -0.05) is 18.2 Å². The number of ether oxygens (including phenoxy) is 1. The van der Waals surface area contributed by atoms with Crippen LogP contribution in [-0.4, -0.2) is 52.8 Å². The van der Waals surface area contributed by atoms with Crippen molar-refractivity contribution in [2.75, 3.05) is 37.6 Å². The van der Waals surface area contributed by atoms with Crippen molar-refractivity contribution in [3.8, 4) is 22.1 Å². The number of halogens is 4. The highest BCUT2D eigenvalue weighted by atomic mass is 32.1. The second-order valence-electron chi connectivity index (χ2n) is 12.7. The van der Waals surface area contributed by atoms with E-state index in [0.29, 0.717) is 29.4 Å². The molecule has 0 bridgehead atoms. The zero-order chi connectivity index (χ0) is 31.7. The van der Waals surface area contributed by atoms with Gasteiger partial charge < -0.3 is 14.5 Å². The van der Waals surface area contributed by atoms with Crippen LogP contribution in [-0.2, 0) is 6.18 Å². The second kappa shape index (κ2) is 12.8. The molecule has 1 saturated carbocycles. The molecule has 4 aromatic rings. The number of aromatic nitrogens is 3. The number of piperidine rings is 2. The molecule has 2 aromatic heterocycles. The van der Waals surface area contributed by atoms with Crippen LogP contribution in [0.1, 0.15) is 55.3 Å². The molecular formula is C35H35F4N5OS. The fourth-order valence-corrected chi connectivity index (χ4v) is 7.64. The highest BCUT2D eigenvalue weighted by molar-refractivity contribution is 7.13. The topological polar surface area (TPSA) is 54.4 Å². The molecule has 4 heterocycles. The monoisotopic (exact) mass is 649 g/mol. The maximum atomic E-state index is 15.9. The van der Waals surface area contributed by atoms with Crippen LogP contribution >= 0.6 is 11.3 Å². The highest BCUT2D eigenvalue weighted by Gasteiger charge is 2.44. The van der Waals surface area contributed by atoms with Crippen LogP contribution in [0.2, 0.25) is 0 Å². The van der Waals surface area contributed by atoms with Crippen molar-refractivity contribution in [3.05, 3.63) is 83.1 Å². The molecule has 1 spiro atoms. The van der Waals surface area contributed by atoms with E-state index >= 15 is 17.6 Å². The van der Waals surface area contributed by atoms with Gasteiger partial charge in [0.2, 0.25) is 0 Å². The summed E-state index contributed by atoms with van der Waals surface area (Å²) in [7, 11) is 0. The van der Waals surface area contributed by atoms with Crippen LogP contribution in [0.5, 0.6) is 11.5 Å². The molecule has 0 radical (unpaired) electrons. The molecule has 2 saturated heterocycles. The molecule has 3 fully saturated rings. The van der Waals surface area contributed by atoms with E-state index in [2.05, 4.69) is 20.1 Å². The molecule has 3 aliphatic rings. The van der Waals surface area contributed by atoms with E-state index in [1.807, 2.05) is 4.90 Å². The Labute approximate surface area is 269 Å². The Balaban J connectivity index is 1.27. The summed E-state index contributed by atoms with van der Waals surface area (Å²) in [6, 6.07) is 13.0. The first-order valence-corrected chi connectivity index (χ1v) is 16.7. The lowest BCUT2D eigenvalue weighted by Crippen LogP contribution is -2.50. The van der Waals surface area contributed by atoms with Gasteiger partial charge in [-0.2, -0.15) is 23.4 Å². The maximum Gasteiger partial charge on any atom is 0.422 e. The quantitative estimate of drug-likeness (QED) is 0.178. The molecule has 1 aliphatic carbocycles. The summed E-state index contributed by atoms with van der Waals surface area (Å²) in [6.07, 6.45) is 5.73. The smallest absolute Gasteiger partial charge is 0.422 e. The molecule has 0 atom stereocenters. The Morgan fingerprint density at radius 2 is 1.80 bits per heavy atom. The number of alkyl halides is 3. The largest absolute Gasteiger partial charge is 0.457 e. The van der Waals surface area contributed by atoms with Crippen LogP contribution < -0.4 is 9.64 Å². The summed E-state index contributed by atoms with van der Waals surface area (Å²) in [5.41, 5.74) is -0.123. The summed E-state index contributed by atoms with van der Waals surface area (Å²) >= 11 is 1.23. The number of anilines is 1. The lowest BCUT2D eigenvalue weighted by molar-refractivity contribution is -0.138. The third-order valence-corrected chi connectivity index (χ3v) is 10.3. The summed E-state index contributed by atoms with van der Waals surface area (Å²) in [6.45, 7) is 3.99. The Morgan fingerprint density at radius 3 is 2.52 bits per heavy atom. The zero-order valence-corrected chi connectivity index (χ0v) is 26.2. The zero-order valence-electron chi connectivity index (χ0n) is 25.3. The van der Waals surface area contributed by atoms with Crippen LogP contribution in [0, 0.1) is 11.3 Å². The fourth-order valence-electron chi connectivity index (χ4n) is 6.85. The van der Waals surface area contributed by atoms with Crippen molar-refractivity contribution in [2.24, 2.45) is 11.3 Å². The standard InChI is InChI=1S/C35H35F4N5OS/c36-28(29-22-46-33(42-29)26-11-15-40-41-20-26)19-25-9-10-30(45-27-5-2-1-3-6-27)31(35(37,38)39)32(25)44-16-4-12-34(23-44)13-17-43(18-14-34)21-24-7-8-24/h1-3,5-6,9-11,15,19-20,22,24H,4,7-8,12-14,16-18,21,23H2/b28-19-. The molecule has 240 valence electrons. The van der Waals surface area contributed by atoms with Gasteiger partial charge in [-0.05, 0) is 99.4 Å². The van der Waals surface area contributed by atoms with E-state index in [-0.39, 0.29) is 28.1 Å². The predicted molar refractivity (Wildman–Crippen MR) is 172 cm³/mol. The Bertz CT molecular complexity index is 1680. The molecule has 11 heteroatoms. The lowest BCUT2D eigenvalue weighted by Gasteiger charge is -2.49. The van der Waals surface area contributed by atoms with Crippen molar-refractivity contribution in [1.29, 1.82) is 0 Å². The minimum atomic E-state index is -4.75. The molecule has 7 rings (SSSR count). The van der Waals surface area contributed by atoms with Crippen LogP contribution in [0.15, 0.2) is 66.3 Å². The van der Waals surface area contributed by atoms with Gasteiger partial charge in [0, 0.05) is 36.1 Å². The SMILES string of the molecule is F/C(=C\c1ccc(Oc2ccccc2)c(C(F)(F)F)c1N1CCCC2(CCN(CC3CC3)CC2)C1)c1csc(-c2ccnnc2)n1. The molecule has 0 N–H and O–H groups in total. The van der Waals surface area contributed by atoms with E-state index in [1.165, 1.54) is 54.8 Å². The molecular weight excluding hydrogens is 614 g/mol. The summed E-state index contributed by atoms with van der Waals surface area (Å²) in [5, 5.41) is 9.72. The third-order valence-electron chi connectivity index (χ3n) is 9.40. The van der Waals surface area contributed by atoms with Gasteiger partial charge in [-0.3, -0.25) is 0 Å². The number of hydrogen-bond donors (Lipinski definition) is 0. The lowest BCUT2D eigenvalue weighted by atomic mass is 9.72.